The van der Waals surface area contributed by atoms with Crippen molar-refractivity contribution in [2.24, 2.45) is 5.41 Å². The monoisotopic (exact) mass is 537 g/mol. The van der Waals surface area contributed by atoms with Crippen molar-refractivity contribution in [2.75, 3.05) is 18.5 Å². The summed E-state index contributed by atoms with van der Waals surface area (Å²) in [5.41, 5.74) is 0.956. The van der Waals surface area contributed by atoms with Gasteiger partial charge in [0.05, 0.1) is 12.6 Å². The van der Waals surface area contributed by atoms with E-state index in [9.17, 15) is 5.26 Å². The molecule has 7 heteroatoms. The van der Waals surface area contributed by atoms with E-state index in [1.54, 1.807) is 23.5 Å². The van der Waals surface area contributed by atoms with Crippen molar-refractivity contribution in [1.82, 2.24) is 14.9 Å². The number of fused-ring (bicyclic) bond motifs is 3. The molecule has 7 nitrogen and oxygen atoms in total. The minimum Gasteiger partial charge on any atom is -0.360 e. The van der Waals surface area contributed by atoms with Crippen LogP contribution in [-0.2, 0) is 16.9 Å². The van der Waals surface area contributed by atoms with Crippen LogP contribution in [0.15, 0.2) is 110 Å². The summed E-state index contributed by atoms with van der Waals surface area (Å²) >= 11 is 0. The number of para-hydroxylation sites is 2. The predicted octanol–water partition coefficient (Wildman–Crippen LogP) is 5.43. The van der Waals surface area contributed by atoms with Crippen LogP contribution in [0.25, 0.3) is 10.9 Å². The molecule has 2 aromatic heterocycles. The van der Waals surface area contributed by atoms with Gasteiger partial charge in [-0.1, -0.05) is 72.8 Å². The Morgan fingerprint density at radius 2 is 1.78 bits per heavy atom. The van der Waals surface area contributed by atoms with Gasteiger partial charge < -0.3 is 9.88 Å². The van der Waals surface area contributed by atoms with Crippen molar-refractivity contribution < 1.29 is 9.59 Å². The fourth-order valence-corrected chi connectivity index (χ4v) is 7.15. The van der Waals surface area contributed by atoms with E-state index < -0.39 is 16.9 Å². The minimum absolute atomic E-state index is 0.272. The van der Waals surface area contributed by atoms with Gasteiger partial charge in [-0.3, -0.25) is 19.5 Å². The summed E-state index contributed by atoms with van der Waals surface area (Å²) in [7, 11) is 1.85. The summed E-state index contributed by atoms with van der Waals surface area (Å²) in [5, 5.41) is 12.1. The lowest BCUT2D eigenvalue weighted by Crippen LogP contribution is -2.59. The molecule has 3 aromatic carbocycles. The van der Waals surface area contributed by atoms with Crippen LogP contribution in [0.1, 0.15) is 33.0 Å². The first-order valence-corrected chi connectivity index (χ1v) is 13.6. The molecule has 0 saturated carbocycles. The molecule has 1 spiro atoms. The molecule has 1 amide bonds. The van der Waals surface area contributed by atoms with Crippen molar-refractivity contribution in [3.8, 4) is 6.07 Å². The van der Waals surface area contributed by atoms with Gasteiger partial charge in [0.15, 0.2) is 16.7 Å². The molecule has 1 saturated heterocycles. The smallest absolute Gasteiger partial charge is 0.254 e. The number of H-pyrrole nitrogens is 1. The number of Topliss-reactive ketones (excluding diaryl/α,β-unsaturated/α-hetero) is 1. The van der Waals surface area contributed by atoms with Crippen LogP contribution < -0.4 is 4.90 Å². The molecule has 0 bridgehead atoms. The molecule has 2 aliphatic rings. The van der Waals surface area contributed by atoms with E-state index in [-0.39, 0.29) is 11.7 Å². The highest BCUT2D eigenvalue weighted by molar-refractivity contribution is 6.19. The molecule has 200 valence electrons. The minimum atomic E-state index is -1.78. The highest BCUT2D eigenvalue weighted by Crippen LogP contribution is 2.64. The van der Waals surface area contributed by atoms with E-state index >= 15 is 9.59 Å². The Balaban J connectivity index is 1.51. The highest BCUT2D eigenvalue weighted by atomic mass is 16.2. The molecule has 1 N–H and O–H groups in total. The molecular formula is C34H27N5O2. The summed E-state index contributed by atoms with van der Waals surface area (Å²) in [6.07, 6.45) is 5.05. The molecule has 0 aliphatic carbocycles. The number of benzene rings is 3. The first kappa shape index (κ1) is 24.9. The second-order valence-electron chi connectivity index (χ2n) is 10.8. The standard InChI is InChI=1S/C34H27N5O2/c1-38-21-28(24-12-9-17-36-18-24)33(22-35,31(40)26-19-37-29-15-7-5-13-25(26)29)34(38)27-14-6-8-16-30(27)39(32(34)41)20-23-10-3-2-4-11-23/h2-19,28,37H,20-21H2,1H3/t28-,33+,34+/m0/s1. The topological polar surface area (TPSA) is 93.1 Å². The lowest BCUT2D eigenvalue weighted by atomic mass is 9.58. The van der Waals surface area contributed by atoms with Crippen molar-refractivity contribution >= 4 is 28.3 Å². The van der Waals surface area contributed by atoms with Crippen LogP contribution in [0, 0.1) is 16.7 Å². The Morgan fingerprint density at radius 3 is 2.56 bits per heavy atom. The van der Waals surface area contributed by atoms with Gasteiger partial charge in [0.25, 0.3) is 5.91 Å². The summed E-state index contributed by atoms with van der Waals surface area (Å²) in [6.45, 7) is 0.652. The Labute approximate surface area is 237 Å². The van der Waals surface area contributed by atoms with Gasteiger partial charge in [-0.25, -0.2) is 0 Å². The second kappa shape index (κ2) is 9.26. The number of nitrogens with zero attached hydrogens (tertiary/aromatic N) is 4. The summed E-state index contributed by atoms with van der Waals surface area (Å²) in [5.74, 6) is -1.26. The largest absolute Gasteiger partial charge is 0.360 e. The summed E-state index contributed by atoms with van der Waals surface area (Å²) in [4.78, 5) is 41.4. The number of carbonyl (C=O) groups excluding carboxylic acids is 2. The fourth-order valence-electron chi connectivity index (χ4n) is 7.15. The number of nitriles is 1. The number of carbonyl (C=O) groups is 2. The third-order valence-electron chi connectivity index (χ3n) is 8.90. The summed E-state index contributed by atoms with van der Waals surface area (Å²) in [6, 6.07) is 31.1. The number of hydrogen-bond acceptors (Lipinski definition) is 5. The van der Waals surface area contributed by atoms with Gasteiger partial charge in [-0.15, -0.1) is 0 Å². The average molecular weight is 538 g/mol. The first-order valence-electron chi connectivity index (χ1n) is 13.6. The van der Waals surface area contributed by atoms with E-state index in [0.717, 1.165) is 22.0 Å². The number of rotatable bonds is 5. The van der Waals surface area contributed by atoms with Crippen molar-refractivity contribution in [3.05, 3.63) is 132 Å². The Hall–Kier alpha value is -5.06. The van der Waals surface area contributed by atoms with Gasteiger partial charge in [-0.2, -0.15) is 5.26 Å². The van der Waals surface area contributed by atoms with Gasteiger partial charge in [-0.05, 0) is 36.4 Å². The highest BCUT2D eigenvalue weighted by Gasteiger charge is 2.76. The van der Waals surface area contributed by atoms with Gasteiger partial charge in [0, 0.05) is 58.8 Å². The lowest BCUT2D eigenvalue weighted by Gasteiger charge is -2.41. The predicted molar refractivity (Wildman–Crippen MR) is 156 cm³/mol. The Morgan fingerprint density at radius 1 is 1.02 bits per heavy atom. The van der Waals surface area contributed by atoms with Gasteiger partial charge in [0.2, 0.25) is 0 Å². The van der Waals surface area contributed by atoms with E-state index in [0.29, 0.717) is 29.9 Å². The van der Waals surface area contributed by atoms with Crippen LogP contribution >= 0.6 is 0 Å². The number of ketones is 1. The zero-order valence-corrected chi connectivity index (χ0v) is 22.5. The van der Waals surface area contributed by atoms with Crippen LogP contribution in [0.5, 0.6) is 0 Å². The zero-order valence-electron chi connectivity index (χ0n) is 22.5. The lowest BCUT2D eigenvalue weighted by molar-refractivity contribution is -0.131. The maximum Gasteiger partial charge on any atom is 0.254 e. The van der Waals surface area contributed by atoms with Crippen LogP contribution in [0.4, 0.5) is 5.69 Å². The second-order valence-corrected chi connectivity index (χ2v) is 10.8. The van der Waals surface area contributed by atoms with E-state index in [1.165, 1.54) is 0 Å². The Bertz CT molecular complexity index is 1840. The number of nitrogens with one attached hydrogen (secondary N) is 1. The van der Waals surface area contributed by atoms with Gasteiger partial charge in [0.1, 0.15) is 0 Å². The number of aromatic nitrogens is 2. The van der Waals surface area contributed by atoms with Crippen LogP contribution in [0.3, 0.4) is 0 Å². The molecule has 5 aromatic rings. The molecule has 7 rings (SSSR count). The molecule has 2 aliphatic heterocycles. The number of likely N-dealkylation sites (tertiary alicyclic amines) is 1. The third-order valence-corrected chi connectivity index (χ3v) is 8.90. The molecular weight excluding hydrogens is 510 g/mol. The maximum absolute atomic E-state index is 15.1. The molecule has 41 heavy (non-hydrogen) atoms. The fraction of sp³-hybridized carbons (Fsp3) is 0.176. The third kappa shape index (κ3) is 3.25. The molecule has 3 atom stereocenters. The number of hydrogen-bond donors (Lipinski definition) is 1. The number of pyridine rings is 1. The molecule has 0 unspecified atom stereocenters. The number of likely N-dealkylation sites (N-methyl/N-ethyl adjacent to an activating group) is 1. The normalized spacial score (nSPS) is 23.7. The number of amides is 1. The van der Waals surface area contributed by atoms with Gasteiger partial charge >= 0.3 is 0 Å². The van der Waals surface area contributed by atoms with Crippen molar-refractivity contribution in [2.45, 2.75) is 18.0 Å². The molecule has 0 radical (unpaired) electrons. The maximum atomic E-state index is 15.1. The van der Waals surface area contributed by atoms with E-state index in [2.05, 4.69) is 16.0 Å². The van der Waals surface area contributed by atoms with E-state index in [4.69, 9.17) is 0 Å². The van der Waals surface area contributed by atoms with Crippen LogP contribution in [-0.4, -0.2) is 40.2 Å². The zero-order chi connectivity index (χ0) is 28.2. The number of anilines is 1. The average Bonchev–Trinajstić information content (AvgIpc) is 3.65. The SMILES string of the molecule is CN1C[C@@H](c2cccnc2)[C@](C#N)(C(=O)c2c[nH]c3ccccc23)[C@@]12C(=O)N(Cc1ccccc1)c1ccccc12. The molecule has 1 fully saturated rings. The van der Waals surface area contributed by atoms with Crippen LogP contribution in [0.2, 0.25) is 0 Å². The van der Waals surface area contributed by atoms with Crippen molar-refractivity contribution in [1.29, 1.82) is 5.26 Å². The van der Waals surface area contributed by atoms with E-state index in [1.807, 2.05) is 103 Å². The Kier molecular flexibility index (Phi) is 5.63. The first-order chi connectivity index (χ1) is 20.0. The molecule has 4 heterocycles. The number of aromatic amines is 1. The van der Waals surface area contributed by atoms with Crippen molar-refractivity contribution in [3.63, 3.8) is 0 Å². The summed E-state index contributed by atoms with van der Waals surface area (Å²) < 4.78 is 0. The quantitative estimate of drug-likeness (QED) is 0.302.